The van der Waals surface area contributed by atoms with Crippen LogP contribution in [0, 0.1) is 0 Å². The maximum atomic E-state index is 9.60. The summed E-state index contributed by atoms with van der Waals surface area (Å²) in [5.41, 5.74) is 0. The highest BCUT2D eigenvalue weighted by atomic mass is 16.1. The first kappa shape index (κ1) is 14.9. The van der Waals surface area contributed by atoms with Crippen molar-refractivity contribution in [2.75, 3.05) is 28.2 Å². The molecule has 80 valence electrons. The molecule has 0 unspecified atom stereocenters. The van der Waals surface area contributed by atoms with Crippen molar-refractivity contribution in [3.05, 3.63) is 24.6 Å². The number of rotatable bonds is 4. The monoisotopic (exact) mass is 198 g/mol. The third-order valence-electron chi connectivity index (χ3n) is 0.926. The first-order valence-corrected chi connectivity index (χ1v) is 4.11. The summed E-state index contributed by atoms with van der Waals surface area (Å²) in [6, 6.07) is 0. The molecule has 0 aliphatic rings. The Balaban J connectivity index is 0. The molecule has 0 amide bonds. The van der Waals surface area contributed by atoms with Gasteiger partial charge in [0.05, 0.1) is 0 Å². The van der Waals surface area contributed by atoms with Crippen molar-refractivity contribution in [3.8, 4) is 0 Å². The van der Waals surface area contributed by atoms with Crippen molar-refractivity contribution < 1.29 is 9.59 Å². The molecule has 0 saturated heterocycles. The van der Waals surface area contributed by atoms with Gasteiger partial charge in [0.2, 0.25) is 0 Å². The van der Waals surface area contributed by atoms with Crippen LogP contribution in [-0.4, -0.2) is 50.6 Å². The molecule has 0 saturated carbocycles. The predicted molar refractivity (Wildman–Crippen MR) is 57.8 cm³/mol. The zero-order valence-electron chi connectivity index (χ0n) is 9.18. The van der Waals surface area contributed by atoms with E-state index in [4.69, 9.17) is 0 Å². The van der Waals surface area contributed by atoms with Crippen LogP contribution in [0.5, 0.6) is 0 Å². The van der Waals surface area contributed by atoms with E-state index in [0.717, 1.165) is 12.6 Å². The van der Waals surface area contributed by atoms with Gasteiger partial charge in [-0.1, -0.05) is 0 Å². The first-order chi connectivity index (χ1) is 6.54. The van der Waals surface area contributed by atoms with E-state index in [0.29, 0.717) is 0 Å². The van der Waals surface area contributed by atoms with E-state index in [1.54, 1.807) is 22.2 Å². The largest absolute Gasteiger partial charge is 0.383 e. The molecule has 0 aliphatic carbocycles. The van der Waals surface area contributed by atoms with E-state index in [1.165, 1.54) is 12.2 Å². The molecule has 0 aromatic heterocycles. The molecular formula is C10H18N2O2. The lowest BCUT2D eigenvalue weighted by molar-refractivity contribution is -0.104. The van der Waals surface area contributed by atoms with Gasteiger partial charge in [-0.15, -0.1) is 0 Å². The molecule has 4 nitrogen and oxygen atoms in total. The van der Waals surface area contributed by atoms with Crippen molar-refractivity contribution in [1.82, 2.24) is 9.80 Å². The van der Waals surface area contributed by atoms with Crippen molar-refractivity contribution in [1.29, 1.82) is 0 Å². The summed E-state index contributed by atoms with van der Waals surface area (Å²) in [5, 5.41) is 0. The van der Waals surface area contributed by atoms with E-state index in [1.807, 2.05) is 28.2 Å². The molecule has 0 radical (unpaired) electrons. The van der Waals surface area contributed by atoms with E-state index >= 15 is 0 Å². The molecule has 4 heteroatoms. The van der Waals surface area contributed by atoms with Gasteiger partial charge in [0.25, 0.3) is 0 Å². The van der Waals surface area contributed by atoms with Gasteiger partial charge in [0.15, 0.2) is 0 Å². The lowest BCUT2D eigenvalue weighted by Crippen LogP contribution is -1.99. The third kappa shape index (κ3) is 22.4. The predicted octanol–water partition coefficient (Wildman–Crippen LogP) is 0.521. The third-order valence-corrected chi connectivity index (χ3v) is 0.926. The average molecular weight is 198 g/mol. The summed E-state index contributed by atoms with van der Waals surface area (Å²) in [7, 11) is 7.44. The highest BCUT2D eigenvalue weighted by Gasteiger charge is 1.69. The van der Waals surface area contributed by atoms with Crippen LogP contribution in [0.4, 0.5) is 0 Å². The molecule has 0 rings (SSSR count). The van der Waals surface area contributed by atoms with Crippen LogP contribution in [0.3, 0.4) is 0 Å². The molecule has 0 aromatic carbocycles. The van der Waals surface area contributed by atoms with Crippen LogP contribution < -0.4 is 0 Å². The lowest BCUT2D eigenvalue weighted by Gasteiger charge is -1.99. The highest BCUT2D eigenvalue weighted by molar-refractivity contribution is 5.64. The lowest BCUT2D eigenvalue weighted by atomic mass is 10.6. The average Bonchev–Trinajstić information content (AvgIpc) is 2.12. The van der Waals surface area contributed by atoms with Gasteiger partial charge in [0, 0.05) is 40.6 Å². The summed E-state index contributed by atoms with van der Waals surface area (Å²) in [5.74, 6) is 0. The first-order valence-electron chi connectivity index (χ1n) is 4.11. The van der Waals surface area contributed by atoms with Gasteiger partial charge in [-0.2, -0.15) is 0 Å². The Morgan fingerprint density at radius 3 is 1.07 bits per heavy atom. The van der Waals surface area contributed by atoms with Gasteiger partial charge in [-0.05, 0) is 12.2 Å². The zero-order chi connectivity index (χ0) is 11.4. The van der Waals surface area contributed by atoms with Gasteiger partial charge < -0.3 is 9.80 Å². The van der Waals surface area contributed by atoms with Crippen LogP contribution in [0.25, 0.3) is 0 Å². The topological polar surface area (TPSA) is 40.6 Å². The maximum absolute atomic E-state index is 9.60. The fourth-order valence-electron chi connectivity index (χ4n) is 0.415. The number of carbonyl (C=O) groups is 2. The summed E-state index contributed by atoms with van der Waals surface area (Å²) in [6.07, 6.45) is 7.76. The minimum Gasteiger partial charge on any atom is -0.383 e. The Bertz CT molecular complexity index is 174. The second-order valence-electron chi connectivity index (χ2n) is 2.88. The minimum atomic E-state index is 0.750. The molecule has 0 bridgehead atoms. The van der Waals surface area contributed by atoms with Crippen LogP contribution in [-0.2, 0) is 9.59 Å². The number of nitrogens with zero attached hydrogens (tertiary/aromatic N) is 2. The Kier molecular flexibility index (Phi) is 12.2. The number of aldehydes is 2. The Morgan fingerprint density at radius 1 is 0.714 bits per heavy atom. The van der Waals surface area contributed by atoms with Crippen LogP contribution in [0.1, 0.15) is 0 Å². The SMILES string of the molecule is CN(C)/C=C/C=O.CN(C)C=CC=O. The van der Waals surface area contributed by atoms with Gasteiger partial charge in [-0.3, -0.25) is 9.59 Å². The molecule has 0 heterocycles. The Hall–Kier alpha value is -1.58. The van der Waals surface area contributed by atoms with Crippen molar-refractivity contribution in [3.63, 3.8) is 0 Å². The van der Waals surface area contributed by atoms with Crippen LogP contribution in [0.2, 0.25) is 0 Å². The minimum absolute atomic E-state index is 0.750. The summed E-state index contributed by atoms with van der Waals surface area (Å²) >= 11 is 0. The second-order valence-corrected chi connectivity index (χ2v) is 2.88. The number of hydrogen-bond donors (Lipinski definition) is 0. The van der Waals surface area contributed by atoms with Gasteiger partial charge >= 0.3 is 0 Å². The Labute approximate surface area is 85.5 Å². The van der Waals surface area contributed by atoms with E-state index in [-0.39, 0.29) is 0 Å². The van der Waals surface area contributed by atoms with Gasteiger partial charge in [0.1, 0.15) is 12.6 Å². The van der Waals surface area contributed by atoms with Crippen molar-refractivity contribution >= 4 is 12.6 Å². The number of carbonyl (C=O) groups excluding carboxylic acids is 2. The van der Waals surface area contributed by atoms with Crippen molar-refractivity contribution in [2.24, 2.45) is 0 Å². The second kappa shape index (κ2) is 11.4. The fraction of sp³-hybridized carbons (Fsp3) is 0.400. The molecular weight excluding hydrogens is 180 g/mol. The van der Waals surface area contributed by atoms with Crippen LogP contribution in [0.15, 0.2) is 24.6 Å². The Morgan fingerprint density at radius 2 is 1.00 bits per heavy atom. The maximum Gasteiger partial charge on any atom is 0.144 e. The number of allylic oxidation sites excluding steroid dienone is 2. The normalized spacial score (nSPS) is 9.43. The number of hydrogen-bond acceptors (Lipinski definition) is 4. The quantitative estimate of drug-likeness (QED) is 0.488. The van der Waals surface area contributed by atoms with Crippen LogP contribution >= 0.6 is 0 Å². The smallest absolute Gasteiger partial charge is 0.144 e. The van der Waals surface area contributed by atoms with E-state index < -0.39 is 0 Å². The van der Waals surface area contributed by atoms with E-state index in [9.17, 15) is 9.59 Å². The fourth-order valence-corrected chi connectivity index (χ4v) is 0.415. The zero-order valence-corrected chi connectivity index (χ0v) is 9.18. The summed E-state index contributed by atoms with van der Waals surface area (Å²) < 4.78 is 0. The van der Waals surface area contributed by atoms with E-state index in [2.05, 4.69) is 0 Å². The molecule has 0 fully saturated rings. The molecule has 0 aliphatic heterocycles. The van der Waals surface area contributed by atoms with Gasteiger partial charge in [-0.25, -0.2) is 0 Å². The molecule has 0 N–H and O–H groups in total. The molecule has 0 aromatic rings. The summed E-state index contributed by atoms with van der Waals surface area (Å²) in [4.78, 5) is 22.8. The molecule has 0 atom stereocenters. The highest BCUT2D eigenvalue weighted by Crippen LogP contribution is 1.71. The molecule has 0 spiro atoms. The van der Waals surface area contributed by atoms with Crippen molar-refractivity contribution in [2.45, 2.75) is 0 Å². The standard InChI is InChI=1S/2C5H9NO/c2*1-6(2)4-3-5-7/h2*3-5H,1-2H3/b4-3+;. The molecule has 14 heavy (non-hydrogen) atoms. The summed E-state index contributed by atoms with van der Waals surface area (Å²) in [6.45, 7) is 0.